The molecule has 0 spiro atoms. The zero-order valence-electron chi connectivity index (χ0n) is 21.3. The van der Waals surface area contributed by atoms with Crippen LogP contribution in [0.4, 0.5) is 29.2 Å². The van der Waals surface area contributed by atoms with Gasteiger partial charge >= 0.3 is 6.18 Å². The third-order valence-electron chi connectivity index (χ3n) is 5.57. The average Bonchev–Trinajstić information content (AvgIpc) is 2.84. The highest BCUT2D eigenvalue weighted by Gasteiger charge is 2.40. The van der Waals surface area contributed by atoms with Crippen molar-refractivity contribution in [1.82, 2.24) is 14.7 Å². The molecule has 2 aromatic heterocycles. The molecule has 0 aliphatic heterocycles. The van der Waals surface area contributed by atoms with Crippen LogP contribution in [0.1, 0.15) is 26.3 Å². The van der Waals surface area contributed by atoms with Gasteiger partial charge in [0.05, 0.1) is 12.3 Å². The van der Waals surface area contributed by atoms with Crippen molar-refractivity contribution < 1.29 is 30.7 Å². The first-order valence-electron chi connectivity index (χ1n) is 11.6. The Kier molecular flexibility index (Phi) is 8.82. The lowest BCUT2D eigenvalue weighted by atomic mass is 10.1. The number of halogens is 4. The molecule has 206 valence electrons. The zero-order valence-corrected chi connectivity index (χ0v) is 22.1. The first-order chi connectivity index (χ1) is 17.7. The van der Waals surface area contributed by atoms with Crippen LogP contribution in [0.3, 0.4) is 0 Å². The molecule has 3 aromatic rings. The number of anilines is 2. The normalized spacial score (nSPS) is 13.0. The molecule has 2 heterocycles. The number of nitrogens with zero attached hydrogens (tertiary/aromatic N) is 3. The van der Waals surface area contributed by atoms with E-state index in [1.165, 1.54) is 49.5 Å². The number of hydrogen-bond donors (Lipinski definition) is 2. The summed E-state index contributed by atoms with van der Waals surface area (Å²) >= 11 is 0. The van der Waals surface area contributed by atoms with E-state index in [1.54, 1.807) is 6.07 Å². The molecule has 8 nitrogen and oxygen atoms in total. The Morgan fingerprint density at radius 2 is 1.79 bits per heavy atom. The Labute approximate surface area is 218 Å². The molecular weight excluding hydrogens is 526 g/mol. The van der Waals surface area contributed by atoms with Gasteiger partial charge in [-0.15, -0.1) is 0 Å². The number of alkyl halides is 3. The second-order valence-electron chi connectivity index (χ2n) is 9.11. The number of pyridine rings is 2. The van der Waals surface area contributed by atoms with Gasteiger partial charge in [-0.1, -0.05) is 26.0 Å². The number of benzene rings is 1. The van der Waals surface area contributed by atoms with Crippen molar-refractivity contribution in [1.29, 1.82) is 0 Å². The van der Waals surface area contributed by atoms with E-state index in [0.29, 0.717) is 6.61 Å². The molecule has 0 aliphatic carbocycles. The number of nitrogens with two attached hydrogens (primary N) is 1. The molecule has 0 unspecified atom stereocenters. The lowest BCUT2D eigenvalue weighted by molar-refractivity contribution is -0.144. The van der Waals surface area contributed by atoms with Crippen molar-refractivity contribution in [3.8, 4) is 17.0 Å². The third kappa shape index (κ3) is 7.32. The first-order valence-corrected chi connectivity index (χ1v) is 13.1. The molecular formula is C25H29F4N5O3S. The van der Waals surface area contributed by atoms with E-state index < -0.39 is 28.1 Å². The average molecular weight is 556 g/mol. The number of sulfonamides is 1. The fraction of sp³-hybridized carbons (Fsp3) is 0.360. The van der Waals surface area contributed by atoms with Gasteiger partial charge in [0.1, 0.15) is 29.2 Å². The molecule has 13 heteroatoms. The van der Waals surface area contributed by atoms with Crippen molar-refractivity contribution in [3.63, 3.8) is 0 Å². The molecule has 0 saturated heterocycles. The maximum absolute atomic E-state index is 14.3. The lowest BCUT2D eigenvalue weighted by Crippen LogP contribution is -2.42. The minimum atomic E-state index is -4.59. The van der Waals surface area contributed by atoms with Gasteiger partial charge < -0.3 is 15.4 Å². The molecule has 0 aliphatic rings. The number of hydrogen-bond acceptors (Lipinski definition) is 7. The molecule has 0 saturated carbocycles. The minimum absolute atomic E-state index is 0.00912. The van der Waals surface area contributed by atoms with Crippen LogP contribution in [-0.4, -0.2) is 44.3 Å². The van der Waals surface area contributed by atoms with E-state index in [2.05, 4.69) is 14.7 Å². The van der Waals surface area contributed by atoms with Crippen molar-refractivity contribution in [2.75, 3.05) is 24.3 Å². The van der Waals surface area contributed by atoms with Crippen LogP contribution in [0.25, 0.3) is 11.3 Å². The second kappa shape index (κ2) is 11.5. The van der Waals surface area contributed by atoms with Gasteiger partial charge in [-0.05, 0) is 43.2 Å². The van der Waals surface area contributed by atoms with Gasteiger partial charge in [-0.3, -0.25) is 0 Å². The van der Waals surface area contributed by atoms with Crippen LogP contribution in [0, 0.1) is 11.7 Å². The summed E-state index contributed by atoms with van der Waals surface area (Å²) < 4.78 is 88.4. The second-order valence-corrected chi connectivity index (χ2v) is 10.8. The van der Waals surface area contributed by atoms with Crippen LogP contribution < -0.4 is 20.1 Å². The number of rotatable bonds is 10. The zero-order chi connectivity index (χ0) is 28.3. The standard InChI is InChI=1S/C25H29F4N5O3S/c1-15(2)14-37-20-11-18(10-19(26)12-20)21-9-8-17(24(32-21)34(4)16(3)25(27,28)29)13-31-38(35,36)23-7-5-6-22(30)33-23/h5-12,15-16,31H,13-14H2,1-4H3,(H2,30,33)/t16-/m0/s1. The van der Waals surface area contributed by atoms with E-state index in [9.17, 15) is 26.0 Å². The van der Waals surface area contributed by atoms with Crippen molar-refractivity contribution >= 4 is 21.7 Å². The Morgan fingerprint density at radius 3 is 2.42 bits per heavy atom. The van der Waals surface area contributed by atoms with Crippen LogP contribution in [-0.2, 0) is 16.6 Å². The predicted molar refractivity (Wildman–Crippen MR) is 137 cm³/mol. The lowest BCUT2D eigenvalue weighted by Gasteiger charge is -2.29. The quantitative estimate of drug-likeness (QED) is 0.347. The highest BCUT2D eigenvalue weighted by molar-refractivity contribution is 7.89. The van der Waals surface area contributed by atoms with Gasteiger partial charge in [0.25, 0.3) is 10.0 Å². The van der Waals surface area contributed by atoms with Gasteiger partial charge in [0.15, 0.2) is 5.03 Å². The molecule has 0 fully saturated rings. The van der Waals surface area contributed by atoms with E-state index in [0.717, 1.165) is 11.8 Å². The number of ether oxygens (including phenoxy) is 1. The summed E-state index contributed by atoms with van der Waals surface area (Å²) in [5, 5.41) is -0.339. The summed E-state index contributed by atoms with van der Waals surface area (Å²) in [4.78, 5) is 9.04. The van der Waals surface area contributed by atoms with Crippen LogP contribution in [0.15, 0.2) is 53.6 Å². The molecule has 3 rings (SSSR count). The summed E-state index contributed by atoms with van der Waals surface area (Å²) in [5.41, 5.74) is 6.19. The SMILES string of the molecule is CC(C)COc1cc(F)cc(-c2ccc(CNS(=O)(=O)c3cccc(N)n3)c(N(C)[C@@H](C)C(F)(F)F)n2)c1. The molecule has 0 bridgehead atoms. The van der Waals surface area contributed by atoms with E-state index in [-0.39, 0.29) is 51.7 Å². The smallest absolute Gasteiger partial charge is 0.408 e. The highest BCUT2D eigenvalue weighted by Crippen LogP contribution is 2.32. The van der Waals surface area contributed by atoms with Crippen molar-refractivity contribution in [2.45, 2.75) is 44.6 Å². The Hall–Kier alpha value is -3.45. The summed E-state index contributed by atoms with van der Waals surface area (Å²) in [6.07, 6.45) is -4.59. The maximum Gasteiger partial charge on any atom is 0.408 e. The summed E-state index contributed by atoms with van der Waals surface area (Å²) in [6, 6.07) is 8.96. The monoisotopic (exact) mass is 555 g/mol. The Balaban J connectivity index is 2.01. The fourth-order valence-corrected chi connectivity index (χ4v) is 4.35. The van der Waals surface area contributed by atoms with Gasteiger partial charge in [-0.25, -0.2) is 27.5 Å². The van der Waals surface area contributed by atoms with Crippen LogP contribution in [0.2, 0.25) is 0 Å². The van der Waals surface area contributed by atoms with Crippen molar-refractivity contribution in [2.24, 2.45) is 5.92 Å². The largest absolute Gasteiger partial charge is 0.493 e. The summed E-state index contributed by atoms with van der Waals surface area (Å²) in [5.74, 6) is -0.308. The summed E-state index contributed by atoms with van der Waals surface area (Å²) in [6.45, 7) is 4.78. The van der Waals surface area contributed by atoms with E-state index >= 15 is 0 Å². The summed E-state index contributed by atoms with van der Waals surface area (Å²) in [7, 11) is -2.94. The molecule has 0 radical (unpaired) electrons. The maximum atomic E-state index is 14.3. The molecule has 1 aromatic carbocycles. The van der Waals surface area contributed by atoms with E-state index in [1.807, 2.05) is 13.8 Å². The minimum Gasteiger partial charge on any atom is -0.493 e. The molecule has 1 atom stereocenters. The molecule has 3 N–H and O–H groups in total. The first kappa shape index (κ1) is 29.1. The van der Waals surface area contributed by atoms with Crippen molar-refractivity contribution in [3.05, 3.63) is 59.9 Å². The van der Waals surface area contributed by atoms with Crippen LogP contribution in [0.5, 0.6) is 5.75 Å². The fourth-order valence-electron chi connectivity index (χ4n) is 3.37. The number of aromatic nitrogens is 2. The van der Waals surface area contributed by atoms with Gasteiger partial charge in [0.2, 0.25) is 0 Å². The van der Waals surface area contributed by atoms with Gasteiger partial charge in [0, 0.05) is 30.8 Å². The highest BCUT2D eigenvalue weighted by atomic mass is 32.2. The molecule has 0 amide bonds. The Morgan fingerprint density at radius 1 is 1.08 bits per heavy atom. The Bertz CT molecular complexity index is 1380. The third-order valence-corrected chi connectivity index (χ3v) is 6.87. The predicted octanol–water partition coefficient (Wildman–Crippen LogP) is 4.77. The molecule has 38 heavy (non-hydrogen) atoms. The number of nitrogen functional groups attached to an aromatic ring is 1. The topological polar surface area (TPSA) is 110 Å². The van der Waals surface area contributed by atoms with E-state index in [4.69, 9.17) is 10.5 Å². The number of nitrogens with one attached hydrogen (secondary N) is 1. The van der Waals surface area contributed by atoms with Gasteiger partial charge in [-0.2, -0.15) is 13.2 Å². The van der Waals surface area contributed by atoms with Crippen LogP contribution >= 0.6 is 0 Å².